The van der Waals surface area contributed by atoms with Crippen molar-refractivity contribution in [1.29, 1.82) is 5.41 Å². The zero-order chi connectivity index (χ0) is 10.0. The van der Waals surface area contributed by atoms with Gasteiger partial charge in [-0.25, -0.2) is 0 Å². The molecule has 3 heteroatoms. The van der Waals surface area contributed by atoms with Gasteiger partial charge in [-0.3, -0.25) is 5.41 Å². The van der Waals surface area contributed by atoms with Crippen molar-refractivity contribution in [2.24, 2.45) is 5.92 Å². The average molecular weight is 200 g/mol. The highest BCUT2D eigenvalue weighted by Crippen LogP contribution is 2.25. The fourth-order valence-corrected chi connectivity index (χ4v) is 3.06. The second kappa shape index (κ2) is 4.36. The van der Waals surface area contributed by atoms with Crippen LogP contribution in [0.2, 0.25) is 0 Å². The lowest BCUT2D eigenvalue weighted by molar-refractivity contribution is 0.389. The average Bonchev–Trinajstić information content (AvgIpc) is 2.01. The van der Waals surface area contributed by atoms with E-state index >= 15 is 0 Å². The molecule has 0 aromatic carbocycles. The van der Waals surface area contributed by atoms with Gasteiger partial charge >= 0.3 is 0 Å². The molecule has 1 saturated heterocycles. The van der Waals surface area contributed by atoms with E-state index in [4.69, 9.17) is 5.41 Å². The van der Waals surface area contributed by atoms with E-state index in [1.54, 1.807) is 0 Å². The minimum Gasteiger partial charge on any atom is -0.358 e. The molecular weight excluding hydrogens is 180 g/mol. The molecule has 1 heterocycles. The van der Waals surface area contributed by atoms with Gasteiger partial charge in [0.1, 0.15) is 0 Å². The largest absolute Gasteiger partial charge is 0.358 e. The molecule has 1 aliphatic heterocycles. The van der Waals surface area contributed by atoms with Crippen molar-refractivity contribution in [3.63, 3.8) is 0 Å². The Morgan fingerprint density at radius 2 is 1.77 bits per heavy atom. The van der Waals surface area contributed by atoms with Crippen molar-refractivity contribution >= 4 is 17.6 Å². The summed E-state index contributed by atoms with van der Waals surface area (Å²) in [4.78, 5) is 2.23. The summed E-state index contributed by atoms with van der Waals surface area (Å²) in [6, 6.07) is 0. The quantitative estimate of drug-likeness (QED) is 0.520. The van der Waals surface area contributed by atoms with Gasteiger partial charge in [-0.15, -0.1) is 0 Å². The lowest BCUT2D eigenvalue weighted by atomic mass is 10.1. The lowest BCUT2D eigenvalue weighted by Gasteiger charge is -2.37. The molecule has 0 radical (unpaired) electrons. The SMILES string of the molecule is CC1CN(C(=N)C(C)C)CC(C)S1. The van der Waals surface area contributed by atoms with Crippen molar-refractivity contribution in [3.8, 4) is 0 Å². The van der Waals surface area contributed by atoms with E-state index in [0.717, 1.165) is 18.9 Å². The van der Waals surface area contributed by atoms with Crippen LogP contribution in [0.1, 0.15) is 27.7 Å². The molecule has 2 atom stereocenters. The Bertz CT molecular complexity index is 181. The summed E-state index contributed by atoms with van der Waals surface area (Å²) in [5.41, 5.74) is 0. The van der Waals surface area contributed by atoms with Gasteiger partial charge in [-0.2, -0.15) is 11.8 Å². The Morgan fingerprint density at radius 3 is 2.15 bits per heavy atom. The predicted molar refractivity (Wildman–Crippen MR) is 60.7 cm³/mol. The van der Waals surface area contributed by atoms with Crippen LogP contribution in [0.3, 0.4) is 0 Å². The number of thioether (sulfide) groups is 1. The van der Waals surface area contributed by atoms with Crippen LogP contribution in [0.5, 0.6) is 0 Å². The van der Waals surface area contributed by atoms with Gasteiger partial charge in [0.25, 0.3) is 0 Å². The Labute approximate surface area is 85.6 Å². The Hall–Kier alpha value is -0.180. The van der Waals surface area contributed by atoms with Crippen molar-refractivity contribution in [2.75, 3.05) is 13.1 Å². The van der Waals surface area contributed by atoms with E-state index < -0.39 is 0 Å². The minimum absolute atomic E-state index is 0.363. The Balaban J connectivity index is 2.55. The first-order valence-corrected chi connectivity index (χ1v) is 5.93. The smallest absolute Gasteiger partial charge is 0.0984 e. The molecule has 1 aliphatic rings. The maximum atomic E-state index is 7.93. The highest BCUT2D eigenvalue weighted by Gasteiger charge is 2.24. The van der Waals surface area contributed by atoms with Crippen LogP contribution in [0.15, 0.2) is 0 Å². The van der Waals surface area contributed by atoms with E-state index in [0.29, 0.717) is 16.4 Å². The summed E-state index contributed by atoms with van der Waals surface area (Å²) in [7, 11) is 0. The first-order valence-electron chi connectivity index (χ1n) is 4.99. The number of hydrogen-bond acceptors (Lipinski definition) is 2. The van der Waals surface area contributed by atoms with Crippen LogP contribution in [0.25, 0.3) is 0 Å². The first kappa shape index (κ1) is 10.9. The highest BCUT2D eigenvalue weighted by molar-refractivity contribution is 8.00. The number of rotatable bonds is 1. The summed E-state index contributed by atoms with van der Waals surface area (Å²) in [5, 5.41) is 9.27. The predicted octanol–water partition coefficient (Wildman–Crippen LogP) is 2.45. The van der Waals surface area contributed by atoms with Gasteiger partial charge in [0, 0.05) is 29.5 Å². The van der Waals surface area contributed by atoms with Gasteiger partial charge in [0.2, 0.25) is 0 Å². The Kier molecular flexibility index (Phi) is 3.65. The van der Waals surface area contributed by atoms with Crippen LogP contribution in [-0.4, -0.2) is 34.3 Å². The van der Waals surface area contributed by atoms with Crippen LogP contribution in [0.4, 0.5) is 0 Å². The van der Waals surface area contributed by atoms with Gasteiger partial charge in [-0.1, -0.05) is 27.7 Å². The molecule has 0 aromatic rings. The molecule has 0 amide bonds. The third-order valence-corrected chi connectivity index (χ3v) is 3.53. The maximum absolute atomic E-state index is 7.93. The number of nitrogens with one attached hydrogen (secondary N) is 1. The lowest BCUT2D eigenvalue weighted by Crippen LogP contribution is -2.45. The van der Waals surface area contributed by atoms with Gasteiger partial charge in [0.15, 0.2) is 0 Å². The molecule has 0 saturated carbocycles. The summed E-state index contributed by atoms with van der Waals surface area (Å²) in [5.74, 6) is 1.17. The number of hydrogen-bond donors (Lipinski definition) is 1. The van der Waals surface area contributed by atoms with Gasteiger partial charge in [-0.05, 0) is 0 Å². The molecule has 0 bridgehead atoms. The molecule has 0 aromatic heterocycles. The topological polar surface area (TPSA) is 27.1 Å². The summed E-state index contributed by atoms with van der Waals surface area (Å²) in [6.45, 7) is 10.8. The molecule has 1 rings (SSSR count). The monoisotopic (exact) mass is 200 g/mol. The van der Waals surface area contributed by atoms with Crippen molar-refractivity contribution in [3.05, 3.63) is 0 Å². The fraction of sp³-hybridized carbons (Fsp3) is 0.900. The number of nitrogens with zero attached hydrogens (tertiary/aromatic N) is 1. The van der Waals surface area contributed by atoms with E-state index in [1.165, 1.54) is 0 Å². The molecule has 0 spiro atoms. The van der Waals surface area contributed by atoms with Crippen molar-refractivity contribution in [1.82, 2.24) is 4.90 Å². The van der Waals surface area contributed by atoms with E-state index in [2.05, 4.69) is 32.6 Å². The normalized spacial score (nSPS) is 29.5. The van der Waals surface area contributed by atoms with E-state index in [-0.39, 0.29) is 0 Å². The summed E-state index contributed by atoms with van der Waals surface area (Å²) < 4.78 is 0. The molecule has 1 fully saturated rings. The van der Waals surface area contributed by atoms with Crippen LogP contribution in [-0.2, 0) is 0 Å². The first-order chi connectivity index (χ1) is 6.00. The summed E-state index contributed by atoms with van der Waals surface area (Å²) in [6.07, 6.45) is 0. The molecule has 2 unspecified atom stereocenters. The van der Waals surface area contributed by atoms with E-state index in [9.17, 15) is 0 Å². The molecule has 13 heavy (non-hydrogen) atoms. The number of amidine groups is 1. The van der Waals surface area contributed by atoms with E-state index in [1.807, 2.05) is 11.8 Å². The van der Waals surface area contributed by atoms with Gasteiger partial charge < -0.3 is 4.90 Å². The van der Waals surface area contributed by atoms with Crippen molar-refractivity contribution < 1.29 is 0 Å². The third-order valence-electron chi connectivity index (χ3n) is 2.31. The molecule has 1 N–H and O–H groups in total. The molecule has 76 valence electrons. The highest BCUT2D eigenvalue weighted by atomic mass is 32.2. The zero-order valence-electron chi connectivity index (χ0n) is 9.00. The maximum Gasteiger partial charge on any atom is 0.0984 e. The standard InChI is InChI=1S/C10H20N2S/c1-7(2)10(11)12-5-8(3)13-9(4)6-12/h7-9,11H,5-6H2,1-4H3. The van der Waals surface area contributed by atoms with Crippen LogP contribution in [0, 0.1) is 11.3 Å². The molecule has 2 nitrogen and oxygen atoms in total. The second-order valence-corrected chi connectivity index (χ2v) is 6.08. The van der Waals surface area contributed by atoms with Crippen molar-refractivity contribution in [2.45, 2.75) is 38.2 Å². The van der Waals surface area contributed by atoms with Crippen LogP contribution < -0.4 is 0 Å². The fourth-order valence-electron chi connectivity index (χ4n) is 1.74. The molecule has 0 aliphatic carbocycles. The summed E-state index contributed by atoms with van der Waals surface area (Å²) >= 11 is 2.04. The van der Waals surface area contributed by atoms with Gasteiger partial charge in [0.05, 0.1) is 5.84 Å². The molecular formula is C10H20N2S. The Morgan fingerprint density at radius 1 is 1.31 bits per heavy atom. The third kappa shape index (κ3) is 2.90. The van der Waals surface area contributed by atoms with Crippen LogP contribution >= 0.6 is 11.8 Å². The minimum atomic E-state index is 0.363. The second-order valence-electron chi connectivity index (χ2n) is 4.20. The zero-order valence-corrected chi connectivity index (χ0v) is 9.82.